The molecule has 1 fully saturated rings. The molecule has 0 heterocycles. The molecule has 8 nitrogen and oxygen atoms in total. The van der Waals surface area contributed by atoms with E-state index in [-0.39, 0.29) is 30.6 Å². The standard InChI is InChI=1S/C32H39FN4O4S/c1-24-10-9-13-26(20-24)22-36(30(21-25-11-5-4-6-12-25)32(39)34-28-14-7-8-15-28)31(38)23-37(42(40,41)35(2)3)29-18-16-27(33)17-19-29/h4-6,9-13,16-20,28,30H,7-8,14-15,21-23H2,1-3H3,(H,34,39). The molecular weight excluding hydrogens is 555 g/mol. The van der Waals surface area contributed by atoms with Gasteiger partial charge >= 0.3 is 10.2 Å². The first-order valence-corrected chi connectivity index (χ1v) is 15.6. The molecule has 0 aliphatic heterocycles. The minimum Gasteiger partial charge on any atom is -0.352 e. The van der Waals surface area contributed by atoms with Crippen LogP contribution in [0.3, 0.4) is 0 Å². The van der Waals surface area contributed by atoms with Crippen LogP contribution >= 0.6 is 0 Å². The lowest BCUT2D eigenvalue weighted by molar-refractivity contribution is -0.140. The van der Waals surface area contributed by atoms with Crippen LogP contribution in [0.15, 0.2) is 78.9 Å². The number of rotatable bonds is 12. The van der Waals surface area contributed by atoms with E-state index in [0.29, 0.717) is 0 Å². The highest BCUT2D eigenvalue weighted by Crippen LogP contribution is 2.23. The van der Waals surface area contributed by atoms with Crippen molar-refractivity contribution in [3.8, 4) is 0 Å². The molecule has 1 aliphatic rings. The van der Waals surface area contributed by atoms with Crippen molar-refractivity contribution >= 4 is 27.7 Å². The van der Waals surface area contributed by atoms with Crippen molar-refractivity contribution in [3.05, 3.63) is 101 Å². The molecule has 42 heavy (non-hydrogen) atoms. The van der Waals surface area contributed by atoms with Crippen LogP contribution in [-0.4, -0.2) is 62.2 Å². The van der Waals surface area contributed by atoms with Gasteiger partial charge in [0.15, 0.2) is 0 Å². The number of hydrogen-bond acceptors (Lipinski definition) is 4. The van der Waals surface area contributed by atoms with E-state index < -0.39 is 34.5 Å². The molecule has 1 N–H and O–H groups in total. The minimum absolute atomic E-state index is 0.0385. The molecule has 0 radical (unpaired) electrons. The van der Waals surface area contributed by atoms with E-state index in [1.807, 2.05) is 61.5 Å². The van der Waals surface area contributed by atoms with Crippen LogP contribution in [0.1, 0.15) is 42.4 Å². The SMILES string of the molecule is Cc1cccc(CN(C(=O)CN(c2ccc(F)cc2)S(=O)(=O)N(C)C)C(Cc2ccccc2)C(=O)NC2CCCC2)c1. The quantitative estimate of drug-likeness (QED) is 0.336. The maximum Gasteiger partial charge on any atom is 0.304 e. The van der Waals surface area contributed by atoms with Crippen molar-refractivity contribution in [2.75, 3.05) is 24.9 Å². The molecule has 224 valence electrons. The summed E-state index contributed by atoms with van der Waals surface area (Å²) in [4.78, 5) is 29.7. The second kappa shape index (κ2) is 13.9. The largest absolute Gasteiger partial charge is 0.352 e. The fourth-order valence-corrected chi connectivity index (χ4v) is 6.31. The summed E-state index contributed by atoms with van der Waals surface area (Å²) in [5.41, 5.74) is 2.84. The Morgan fingerprint density at radius 3 is 2.19 bits per heavy atom. The van der Waals surface area contributed by atoms with E-state index in [4.69, 9.17) is 0 Å². The maximum atomic E-state index is 14.3. The number of aryl methyl sites for hydroxylation is 1. The van der Waals surface area contributed by atoms with Crippen molar-refractivity contribution in [2.24, 2.45) is 0 Å². The van der Waals surface area contributed by atoms with Gasteiger partial charge in [0.05, 0.1) is 5.69 Å². The van der Waals surface area contributed by atoms with Gasteiger partial charge in [0.2, 0.25) is 11.8 Å². The zero-order valence-electron chi connectivity index (χ0n) is 24.4. The van der Waals surface area contributed by atoms with Crippen LogP contribution in [0.2, 0.25) is 0 Å². The molecule has 1 atom stereocenters. The number of carbonyl (C=O) groups excluding carboxylic acids is 2. The minimum atomic E-state index is -4.14. The van der Waals surface area contributed by atoms with Gasteiger partial charge in [0, 0.05) is 33.1 Å². The lowest BCUT2D eigenvalue weighted by Crippen LogP contribution is -2.55. The van der Waals surface area contributed by atoms with Gasteiger partial charge in [-0.1, -0.05) is 73.0 Å². The smallest absolute Gasteiger partial charge is 0.304 e. The third-order valence-corrected chi connectivity index (χ3v) is 9.36. The molecule has 3 aromatic rings. The van der Waals surface area contributed by atoms with Crippen LogP contribution in [0, 0.1) is 12.7 Å². The van der Waals surface area contributed by atoms with E-state index in [2.05, 4.69) is 5.32 Å². The maximum absolute atomic E-state index is 14.3. The average molecular weight is 595 g/mol. The molecular formula is C32H39FN4O4S. The van der Waals surface area contributed by atoms with Gasteiger partial charge in [-0.15, -0.1) is 0 Å². The van der Waals surface area contributed by atoms with Crippen LogP contribution in [0.25, 0.3) is 0 Å². The normalized spacial score (nSPS) is 14.5. The summed E-state index contributed by atoms with van der Waals surface area (Å²) in [5, 5.41) is 3.16. The predicted molar refractivity (Wildman–Crippen MR) is 162 cm³/mol. The fourth-order valence-electron chi connectivity index (χ4n) is 5.25. The number of anilines is 1. The Bertz CT molecular complexity index is 1460. The van der Waals surface area contributed by atoms with Gasteiger partial charge in [-0.05, 0) is 55.2 Å². The molecule has 1 saturated carbocycles. The first kappa shape index (κ1) is 31.2. The molecule has 1 aliphatic carbocycles. The third kappa shape index (κ3) is 7.95. The van der Waals surface area contributed by atoms with Crippen LogP contribution in [-0.2, 0) is 32.8 Å². The molecule has 0 bridgehead atoms. The monoisotopic (exact) mass is 594 g/mol. The Morgan fingerprint density at radius 1 is 0.929 bits per heavy atom. The topological polar surface area (TPSA) is 90.0 Å². The summed E-state index contributed by atoms with van der Waals surface area (Å²) in [5.74, 6) is -1.34. The Hall–Kier alpha value is -3.76. The summed E-state index contributed by atoms with van der Waals surface area (Å²) >= 11 is 0. The van der Waals surface area contributed by atoms with Gasteiger partial charge in [0.1, 0.15) is 18.4 Å². The predicted octanol–water partition coefficient (Wildman–Crippen LogP) is 4.45. The van der Waals surface area contributed by atoms with E-state index in [0.717, 1.165) is 63.1 Å². The van der Waals surface area contributed by atoms with Crippen LogP contribution in [0.5, 0.6) is 0 Å². The average Bonchev–Trinajstić information content (AvgIpc) is 3.47. The molecule has 4 rings (SSSR count). The van der Waals surface area contributed by atoms with Crippen LogP contribution in [0.4, 0.5) is 10.1 Å². The summed E-state index contributed by atoms with van der Waals surface area (Å²) in [6.45, 7) is 1.49. The van der Waals surface area contributed by atoms with Crippen LogP contribution < -0.4 is 9.62 Å². The molecule has 2 amide bonds. The van der Waals surface area contributed by atoms with E-state index >= 15 is 0 Å². The number of amides is 2. The van der Waals surface area contributed by atoms with Gasteiger partial charge in [-0.3, -0.25) is 9.59 Å². The van der Waals surface area contributed by atoms with Crippen molar-refractivity contribution in [2.45, 2.75) is 57.7 Å². The molecule has 0 saturated heterocycles. The summed E-state index contributed by atoms with van der Waals surface area (Å²) in [7, 11) is -1.40. The molecule has 1 unspecified atom stereocenters. The number of benzene rings is 3. The van der Waals surface area contributed by atoms with Crippen molar-refractivity contribution < 1.29 is 22.4 Å². The van der Waals surface area contributed by atoms with Crippen molar-refractivity contribution in [1.29, 1.82) is 0 Å². The number of hydrogen-bond donors (Lipinski definition) is 1. The zero-order valence-corrected chi connectivity index (χ0v) is 25.2. The first-order chi connectivity index (χ1) is 20.0. The molecule has 0 aromatic heterocycles. The van der Waals surface area contributed by atoms with Crippen molar-refractivity contribution in [3.63, 3.8) is 0 Å². The summed E-state index contributed by atoms with van der Waals surface area (Å²) in [6.07, 6.45) is 4.10. The molecule has 0 spiro atoms. The Morgan fingerprint density at radius 2 is 1.57 bits per heavy atom. The highest BCUT2D eigenvalue weighted by atomic mass is 32.2. The Balaban J connectivity index is 1.75. The Kier molecular flexibility index (Phi) is 10.3. The van der Waals surface area contributed by atoms with E-state index in [1.54, 1.807) is 0 Å². The van der Waals surface area contributed by atoms with E-state index in [9.17, 15) is 22.4 Å². The molecule has 3 aromatic carbocycles. The summed E-state index contributed by atoms with van der Waals surface area (Å²) in [6, 6.07) is 21.2. The van der Waals surface area contributed by atoms with Gasteiger partial charge in [0.25, 0.3) is 0 Å². The first-order valence-electron chi connectivity index (χ1n) is 14.2. The van der Waals surface area contributed by atoms with Crippen molar-refractivity contribution in [1.82, 2.24) is 14.5 Å². The number of halogens is 1. The van der Waals surface area contributed by atoms with Gasteiger partial charge in [-0.2, -0.15) is 12.7 Å². The second-order valence-electron chi connectivity index (χ2n) is 11.0. The van der Waals surface area contributed by atoms with E-state index in [1.165, 1.54) is 31.1 Å². The highest BCUT2D eigenvalue weighted by molar-refractivity contribution is 7.90. The van der Waals surface area contributed by atoms with Gasteiger partial charge < -0.3 is 10.2 Å². The lowest BCUT2D eigenvalue weighted by Gasteiger charge is -2.35. The van der Waals surface area contributed by atoms with Gasteiger partial charge in [-0.25, -0.2) is 8.70 Å². The highest BCUT2D eigenvalue weighted by Gasteiger charge is 2.35. The lowest BCUT2D eigenvalue weighted by atomic mass is 10.0. The number of nitrogens with zero attached hydrogens (tertiary/aromatic N) is 3. The zero-order chi connectivity index (χ0) is 30.3. The Labute approximate surface area is 248 Å². The number of nitrogens with one attached hydrogen (secondary N) is 1. The summed E-state index contributed by atoms with van der Waals surface area (Å²) < 4.78 is 42.5. The second-order valence-corrected chi connectivity index (χ2v) is 13.0. The fraction of sp³-hybridized carbons (Fsp3) is 0.375. The third-order valence-electron chi connectivity index (χ3n) is 7.54. The number of carbonyl (C=O) groups is 2. The molecule has 10 heteroatoms.